The Morgan fingerprint density at radius 3 is 3.00 bits per heavy atom. The number of aryl methyl sites for hydroxylation is 1. The van der Waals surface area contributed by atoms with E-state index in [2.05, 4.69) is 15.2 Å². The number of hydrogen-bond donors (Lipinski definition) is 1. The van der Waals surface area contributed by atoms with Gasteiger partial charge in [-0.2, -0.15) is 10.1 Å². The van der Waals surface area contributed by atoms with Crippen LogP contribution in [0.4, 0.5) is 0 Å². The molecule has 0 radical (unpaired) electrons. The molecule has 0 amide bonds. The highest BCUT2D eigenvalue weighted by Gasteiger charge is 2.13. The van der Waals surface area contributed by atoms with E-state index in [-0.39, 0.29) is 0 Å². The third-order valence-electron chi connectivity index (χ3n) is 2.29. The first-order valence-electron chi connectivity index (χ1n) is 5.19. The predicted octanol–water partition coefficient (Wildman–Crippen LogP) is 0.783. The van der Waals surface area contributed by atoms with E-state index in [1.807, 2.05) is 26.2 Å². The SMILES string of the molecule is CCC(O)Cc1nc(-c2ccn(C)n2)no1. The van der Waals surface area contributed by atoms with Crippen LogP contribution in [0, 0.1) is 0 Å². The lowest BCUT2D eigenvalue weighted by Crippen LogP contribution is -2.08. The van der Waals surface area contributed by atoms with Crippen LogP contribution >= 0.6 is 0 Å². The zero-order valence-corrected chi connectivity index (χ0v) is 9.29. The van der Waals surface area contributed by atoms with Crippen LogP contribution in [0.25, 0.3) is 11.5 Å². The number of hydrogen-bond acceptors (Lipinski definition) is 5. The van der Waals surface area contributed by atoms with E-state index in [1.54, 1.807) is 4.68 Å². The molecular formula is C10H14N4O2. The molecule has 1 atom stereocenters. The molecule has 0 saturated carbocycles. The lowest BCUT2D eigenvalue weighted by atomic mass is 10.2. The number of nitrogens with zero attached hydrogens (tertiary/aromatic N) is 4. The van der Waals surface area contributed by atoms with Gasteiger partial charge in [-0.15, -0.1) is 0 Å². The fourth-order valence-electron chi connectivity index (χ4n) is 1.32. The topological polar surface area (TPSA) is 77.0 Å². The van der Waals surface area contributed by atoms with Crippen LogP contribution in [0.2, 0.25) is 0 Å². The van der Waals surface area contributed by atoms with Crippen molar-refractivity contribution in [2.45, 2.75) is 25.9 Å². The first-order chi connectivity index (χ1) is 7.69. The summed E-state index contributed by atoms with van der Waals surface area (Å²) in [6.07, 6.45) is 2.43. The molecule has 0 spiro atoms. The summed E-state index contributed by atoms with van der Waals surface area (Å²) < 4.78 is 6.70. The summed E-state index contributed by atoms with van der Waals surface area (Å²) in [5, 5.41) is 17.4. The summed E-state index contributed by atoms with van der Waals surface area (Å²) in [4.78, 5) is 4.17. The third kappa shape index (κ3) is 2.27. The van der Waals surface area contributed by atoms with Crippen molar-refractivity contribution in [3.8, 4) is 11.5 Å². The molecule has 2 aromatic heterocycles. The molecule has 0 fully saturated rings. The summed E-state index contributed by atoms with van der Waals surface area (Å²) in [6, 6.07) is 1.81. The van der Waals surface area contributed by atoms with Gasteiger partial charge in [-0.25, -0.2) is 0 Å². The second-order valence-electron chi connectivity index (χ2n) is 3.65. The minimum Gasteiger partial charge on any atom is -0.393 e. The van der Waals surface area contributed by atoms with E-state index in [4.69, 9.17) is 4.52 Å². The van der Waals surface area contributed by atoms with Gasteiger partial charge in [-0.3, -0.25) is 4.68 Å². The first-order valence-corrected chi connectivity index (χ1v) is 5.19. The quantitative estimate of drug-likeness (QED) is 0.827. The molecule has 1 N–H and O–H groups in total. The molecule has 0 aliphatic carbocycles. The molecule has 0 aliphatic heterocycles. The van der Waals surface area contributed by atoms with Gasteiger partial charge in [0.25, 0.3) is 0 Å². The molecule has 0 aromatic carbocycles. The Morgan fingerprint density at radius 1 is 1.56 bits per heavy atom. The van der Waals surface area contributed by atoms with E-state index >= 15 is 0 Å². The number of aliphatic hydroxyl groups is 1. The maximum atomic E-state index is 9.45. The molecule has 2 heterocycles. The summed E-state index contributed by atoms with van der Waals surface area (Å²) in [5.41, 5.74) is 0.670. The van der Waals surface area contributed by atoms with Crippen LogP contribution in [0.1, 0.15) is 19.2 Å². The van der Waals surface area contributed by atoms with Crippen molar-refractivity contribution in [2.24, 2.45) is 7.05 Å². The van der Waals surface area contributed by atoms with Crippen LogP contribution in [-0.2, 0) is 13.5 Å². The van der Waals surface area contributed by atoms with Crippen LogP contribution < -0.4 is 0 Å². The molecule has 6 heteroatoms. The van der Waals surface area contributed by atoms with Gasteiger partial charge in [-0.05, 0) is 12.5 Å². The minimum atomic E-state index is -0.433. The smallest absolute Gasteiger partial charge is 0.229 e. The van der Waals surface area contributed by atoms with Gasteiger partial charge in [-0.1, -0.05) is 12.1 Å². The molecule has 0 aliphatic rings. The van der Waals surface area contributed by atoms with Gasteiger partial charge in [0.2, 0.25) is 11.7 Å². The van der Waals surface area contributed by atoms with E-state index in [9.17, 15) is 5.11 Å². The zero-order chi connectivity index (χ0) is 11.5. The molecule has 0 bridgehead atoms. The second-order valence-corrected chi connectivity index (χ2v) is 3.65. The highest BCUT2D eigenvalue weighted by Crippen LogP contribution is 2.13. The Hall–Kier alpha value is -1.69. The molecule has 16 heavy (non-hydrogen) atoms. The maximum Gasteiger partial charge on any atom is 0.229 e. The van der Waals surface area contributed by atoms with Crippen LogP contribution in [0.15, 0.2) is 16.8 Å². The second kappa shape index (κ2) is 4.44. The van der Waals surface area contributed by atoms with E-state index < -0.39 is 6.10 Å². The standard InChI is InChI=1S/C10H14N4O2/c1-3-7(15)6-9-11-10(13-16-9)8-4-5-14(2)12-8/h4-5,7,15H,3,6H2,1-2H3. The van der Waals surface area contributed by atoms with Gasteiger partial charge >= 0.3 is 0 Å². The molecule has 2 aromatic rings. The fourth-order valence-corrected chi connectivity index (χ4v) is 1.32. The van der Waals surface area contributed by atoms with Crippen molar-refractivity contribution in [1.29, 1.82) is 0 Å². The maximum absolute atomic E-state index is 9.45. The summed E-state index contributed by atoms with van der Waals surface area (Å²) in [5.74, 6) is 0.897. The Morgan fingerprint density at radius 2 is 2.38 bits per heavy atom. The molecule has 86 valence electrons. The zero-order valence-electron chi connectivity index (χ0n) is 9.29. The Balaban J connectivity index is 2.13. The normalized spacial score (nSPS) is 12.9. The van der Waals surface area contributed by atoms with Gasteiger partial charge in [0, 0.05) is 13.2 Å². The Kier molecular flexibility index (Phi) is 3.00. The lowest BCUT2D eigenvalue weighted by Gasteiger charge is -2.01. The minimum absolute atomic E-state index is 0.385. The molecular weight excluding hydrogens is 208 g/mol. The molecule has 0 saturated heterocycles. The van der Waals surface area contributed by atoms with Crippen LogP contribution in [-0.4, -0.2) is 31.1 Å². The van der Waals surface area contributed by atoms with E-state index in [0.29, 0.717) is 30.3 Å². The van der Waals surface area contributed by atoms with Crippen molar-refractivity contribution >= 4 is 0 Å². The van der Waals surface area contributed by atoms with Crippen molar-refractivity contribution in [3.63, 3.8) is 0 Å². The summed E-state index contributed by atoms with van der Waals surface area (Å²) >= 11 is 0. The number of aromatic nitrogens is 4. The highest BCUT2D eigenvalue weighted by atomic mass is 16.5. The first kappa shape index (κ1) is 10.8. The highest BCUT2D eigenvalue weighted by molar-refractivity contribution is 5.46. The fraction of sp³-hybridized carbons (Fsp3) is 0.500. The largest absolute Gasteiger partial charge is 0.393 e. The van der Waals surface area contributed by atoms with E-state index in [1.165, 1.54) is 0 Å². The van der Waals surface area contributed by atoms with Crippen molar-refractivity contribution in [2.75, 3.05) is 0 Å². The predicted molar refractivity (Wildman–Crippen MR) is 56.5 cm³/mol. The number of aliphatic hydroxyl groups excluding tert-OH is 1. The summed E-state index contributed by atoms with van der Waals surface area (Å²) in [7, 11) is 1.82. The van der Waals surface area contributed by atoms with Crippen molar-refractivity contribution in [3.05, 3.63) is 18.2 Å². The van der Waals surface area contributed by atoms with Crippen LogP contribution in [0.3, 0.4) is 0 Å². The third-order valence-corrected chi connectivity index (χ3v) is 2.29. The molecule has 1 unspecified atom stereocenters. The Labute approximate surface area is 92.9 Å². The Bertz CT molecular complexity index is 463. The lowest BCUT2D eigenvalue weighted by molar-refractivity contribution is 0.158. The monoisotopic (exact) mass is 222 g/mol. The summed E-state index contributed by atoms with van der Waals surface area (Å²) in [6.45, 7) is 1.90. The number of rotatable bonds is 4. The average Bonchev–Trinajstić information content (AvgIpc) is 2.87. The van der Waals surface area contributed by atoms with E-state index in [0.717, 1.165) is 0 Å². The molecule has 2 rings (SSSR count). The van der Waals surface area contributed by atoms with Crippen molar-refractivity contribution < 1.29 is 9.63 Å². The van der Waals surface area contributed by atoms with Gasteiger partial charge < -0.3 is 9.63 Å². The average molecular weight is 222 g/mol. The van der Waals surface area contributed by atoms with Crippen LogP contribution in [0.5, 0.6) is 0 Å². The molecule has 6 nitrogen and oxygen atoms in total. The van der Waals surface area contributed by atoms with Gasteiger partial charge in [0.05, 0.1) is 12.5 Å². The van der Waals surface area contributed by atoms with Gasteiger partial charge in [0.1, 0.15) is 5.69 Å². The van der Waals surface area contributed by atoms with Crippen molar-refractivity contribution in [1.82, 2.24) is 19.9 Å². The van der Waals surface area contributed by atoms with Gasteiger partial charge in [0.15, 0.2) is 0 Å².